The summed E-state index contributed by atoms with van der Waals surface area (Å²) in [4.78, 5) is 20.8. The fraction of sp³-hybridized carbons (Fsp3) is 0.148. The van der Waals surface area contributed by atoms with Crippen LogP contribution >= 0.6 is 0 Å². The van der Waals surface area contributed by atoms with E-state index in [1.807, 2.05) is 84.9 Å². The highest BCUT2D eigenvalue weighted by Gasteiger charge is 2.14. The Labute approximate surface area is 198 Å². The van der Waals surface area contributed by atoms with Crippen molar-refractivity contribution in [3.05, 3.63) is 102 Å². The molecule has 7 heteroatoms. The van der Waals surface area contributed by atoms with Crippen molar-refractivity contribution >= 4 is 23.4 Å². The third-order valence-corrected chi connectivity index (χ3v) is 5.32. The van der Waals surface area contributed by atoms with E-state index in [1.54, 1.807) is 0 Å². The van der Waals surface area contributed by atoms with Gasteiger partial charge in [0.05, 0.1) is 18.9 Å². The molecule has 0 bridgehead atoms. The fourth-order valence-electron chi connectivity index (χ4n) is 3.65. The van der Waals surface area contributed by atoms with E-state index >= 15 is 0 Å². The van der Waals surface area contributed by atoms with Crippen LogP contribution in [-0.4, -0.2) is 15.9 Å². The number of hydrogen-bond acceptors (Lipinski definition) is 6. The molecule has 0 aliphatic heterocycles. The second-order valence-corrected chi connectivity index (χ2v) is 7.88. The average molecular weight is 454 g/mol. The minimum Gasteiger partial charge on any atom is -0.383 e. The Hall–Kier alpha value is -4.23. The van der Waals surface area contributed by atoms with E-state index in [0.29, 0.717) is 36.4 Å². The summed E-state index contributed by atoms with van der Waals surface area (Å²) < 4.78 is 5.86. The number of aromatic nitrogens is 2. The van der Waals surface area contributed by atoms with Gasteiger partial charge in [-0.3, -0.25) is 4.79 Å². The lowest BCUT2D eigenvalue weighted by Crippen LogP contribution is -2.12. The maximum atomic E-state index is 12.3. The van der Waals surface area contributed by atoms with Crippen LogP contribution in [0.5, 0.6) is 0 Å². The van der Waals surface area contributed by atoms with E-state index in [4.69, 9.17) is 16.2 Å². The second kappa shape index (κ2) is 11.1. The average Bonchev–Trinajstić information content (AvgIpc) is 2.85. The first kappa shape index (κ1) is 22.9. The lowest BCUT2D eigenvalue weighted by atomic mass is 10.0. The molecule has 0 saturated heterocycles. The first-order valence-electron chi connectivity index (χ1n) is 11.1. The monoisotopic (exact) mass is 453 g/mol. The summed E-state index contributed by atoms with van der Waals surface area (Å²) in [6.45, 7) is 0.678. The first-order chi connectivity index (χ1) is 16.6. The number of anilines is 3. The molecule has 34 heavy (non-hydrogen) atoms. The van der Waals surface area contributed by atoms with E-state index in [0.717, 1.165) is 16.7 Å². The van der Waals surface area contributed by atoms with E-state index in [1.165, 1.54) is 0 Å². The van der Waals surface area contributed by atoms with Crippen LogP contribution in [0.25, 0.3) is 11.1 Å². The maximum absolute atomic E-state index is 12.3. The quantitative estimate of drug-likeness (QED) is 0.341. The maximum Gasteiger partial charge on any atom is 0.224 e. The number of nitrogens with one attached hydrogen (secondary N) is 1. The number of aryl methyl sites for hydroxylation is 1. The van der Waals surface area contributed by atoms with Crippen molar-refractivity contribution in [1.29, 1.82) is 0 Å². The van der Waals surface area contributed by atoms with Gasteiger partial charge in [-0.25, -0.2) is 4.98 Å². The molecule has 0 aliphatic rings. The van der Waals surface area contributed by atoms with Gasteiger partial charge in [0.25, 0.3) is 0 Å². The number of nitrogens with zero attached hydrogens (tertiary/aromatic N) is 2. The van der Waals surface area contributed by atoms with E-state index in [9.17, 15) is 4.79 Å². The van der Waals surface area contributed by atoms with Crippen molar-refractivity contribution in [3.8, 4) is 11.1 Å². The number of nitrogen functional groups attached to an aromatic ring is 2. The van der Waals surface area contributed by atoms with Gasteiger partial charge >= 0.3 is 0 Å². The predicted octanol–water partition coefficient (Wildman–Crippen LogP) is 4.60. The molecule has 3 aromatic carbocycles. The van der Waals surface area contributed by atoms with E-state index in [2.05, 4.69) is 15.3 Å². The standard InChI is InChI=1S/C27H27N5O2/c28-26-25(23(31-27(29)32-26)18-34-17-20-9-5-2-6-10-20)21-12-14-22(15-13-21)30-24(33)16-11-19-7-3-1-4-8-19/h1-10,12-15H,11,16-18H2,(H,30,33)(H4,28,29,31,32). The molecule has 1 heterocycles. The summed E-state index contributed by atoms with van der Waals surface area (Å²) in [5, 5.41) is 2.94. The smallest absolute Gasteiger partial charge is 0.224 e. The van der Waals surface area contributed by atoms with Gasteiger partial charge in [-0.15, -0.1) is 0 Å². The van der Waals surface area contributed by atoms with Crippen molar-refractivity contribution in [2.75, 3.05) is 16.8 Å². The number of amides is 1. The Kier molecular flexibility index (Phi) is 7.47. The van der Waals surface area contributed by atoms with Crippen molar-refractivity contribution in [2.45, 2.75) is 26.1 Å². The Morgan fingerprint density at radius 2 is 1.44 bits per heavy atom. The van der Waals surface area contributed by atoms with Crippen LogP contribution in [0.15, 0.2) is 84.9 Å². The molecule has 1 amide bonds. The van der Waals surface area contributed by atoms with Crippen molar-refractivity contribution < 1.29 is 9.53 Å². The Balaban J connectivity index is 1.42. The molecule has 172 valence electrons. The molecule has 4 aromatic rings. The molecule has 0 spiro atoms. The van der Waals surface area contributed by atoms with Crippen LogP contribution in [0, 0.1) is 0 Å². The minimum atomic E-state index is -0.0399. The molecule has 0 aliphatic carbocycles. The number of carbonyl (C=O) groups is 1. The summed E-state index contributed by atoms with van der Waals surface area (Å²) >= 11 is 0. The zero-order valence-corrected chi connectivity index (χ0v) is 18.8. The number of carbonyl (C=O) groups excluding carboxylic acids is 1. The fourth-order valence-corrected chi connectivity index (χ4v) is 3.65. The number of hydrogen-bond donors (Lipinski definition) is 3. The molecule has 0 saturated carbocycles. The molecule has 0 fully saturated rings. The van der Waals surface area contributed by atoms with Gasteiger partial charge in [0.15, 0.2) is 0 Å². The molecule has 5 N–H and O–H groups in total. The minimum absolute atomic E-state index is 0.0399. The molecular formula is C27H27N5O2. The zero-order valence-electron chi connectivity index (χ0n) is 18.8. The van der Waals surface area contributed by atoms with Gasteiger partial charge in [0.1, 0.15) is 5.82 Å². The Morgan fingerprint density at radius 1 is 0.794 bits per heavy atom. The molecule has 4 rings (SSSR count). The van der Waals surface area contributed by atoms with Crippen molar-refractivity contribution in [1.82, 2.24) is 9.97 Å². The van der Waals surface area contributed by atoms with Crippen LogP contribution in [-0.2, 0) is 29.2 Å². The summed E-state index contributed by atoms with van der Waals surface area (Å²) in [5.41, 5.74) is 17.0. The Morgan fingerprint density at radius 3 is 2.12 bits per heavy atom. The molecule has 7 nitrogen and oxygen atoms in total. The second-order valence-electron chi connectivity index (χ2n) is 7.88. The predicted molar refractivity (Wildman–Crippen MR) is 135 cm³/mol. The van der Waals surface area contributed by atoms with Gasteiger partial charge in [-0.2, -0.15) is 4.98 Å². The summed E-state index contributed by atoms with van der Waals surface area (Å²) in [7, 11) is 0. The van der Waals surface area contributed by atoms with Gasteiger partial charge < -0.3 is 21.5 Å². The van der Waals surface area contributed by atoms with Crippen LogP contribution in [0.1, 0.15) is 23.2 Å². The van der Waals surface area contributed by atoms with Crippen LogP contribution in [0.4, 0.5) is 17.5 Å². The normalized spacial score (nSPS) is 10.7. The van der Waals surface area contributed by atoms with Crippen LogP contribution in [0.3, 0.4) is 0 Å². The SMILES string of the molecule is Nc1nc(N)c(-c2ccc(NC(=O)CCc3ccccc3)cc2)c(COCc2ccccc2)n1. The third-order valence-electron chi connectivity index (χ3n) is 5.32. The van der Waals surface area contributed by atoms with E-state index < -0.39 is 0 Å². The highest BCUT2D eigenvalue weighted by Crippen LogP contribution is 2.30. The summed E-state index contributed by atoms with van der Waals surface area (Å²) in [6.07, 6.45) is 1.10. The van der Waals surface area contributed by atoms with Crippen molar-refractivity contribution in [3.63, 3.8) is 0 Å². The molecular weight excluding hydrogens is 426 g/mol. The van der Waals surface area contributed by atoms with Crippen LogP contribution in [0.2, 0.25) is 0 Å². The third kappa shape index (κ3) is 6.17. The van der Waals surface area contributed by atoms with Gasteiger partial charge in [-0.1, -0.05) is 72.8 Å². The van der Waals surface area contributed by atoms with Gasteiger partial charge in [-0.05, 0) is 35.2 Å². The van der Waals surface area contributed by atoms with Crippen molar-refractivity contribution in [2.24, 2.45) is 0 Å². The molecule has 0 unspecified atom stereocenters. The lowest BCUT2D eigenvalue weighted by molar-refractivity contribution is -0.116. The number of ether oxygens (including phenoxy) is 1. The summed E-state index contributed by atoms with van der Waals surface area (Å²) in [6, 6.07) is 27.2. The highest BCUT2D eigenvalue weighted by atomic mass is 16.5. The number of rotatable bonds is 9. The number of benzene rings is 3. The topological polar surface area (TPSA) is 116 Å². The Bertz CT molecular complexity index is 1230. The van der Waals surface area contributed by atoms with E-state index in [-0.39, 0.29) is 24.3 Å². The largest absolute Gasteiger partial charge is 0.383 e. The van der Waals surface area contributed by atoms with Gasteiger partial charge in [0, 0.05) is 17.7 Å². The summed E-state index contributed by atoms with van der Waals surface area (Å²) in [5.74, 6) is 0.342. The number of nitrogens with two attached hydrogens (primary N) is 2. The highest BCUT2D eigenvalue weighted by molar-refractivity contribution is 5.91. The first-order valence-corrected chi connectivity index (χ1v) is 11.1. The lowest BCUT2D eigenvalue weighted by Gasteiger charge is -2.13. The molecule has 0 radical (unpaired) electrons. The zero-order chi connectivity index (χ0) is 23.8. The van der Waals surface area contributed by atoms with Gasteiger partial charge in [0.2, 0.25) is 11.9 Å². The molecule has 0 atom stereocenters. The molecule has 1 aromatic heterocycles. The van der Waals surface area contributed by atoms with Crippen LogP contribution < -0.4 is 16.8 Å².